The van der Waals surface area contributed by atoms with E-state index in [0.717, 1.165) is 28.0 Å². The molecule has 1 aliphatic rings. The molecular weight excluding hydrogens is 508 g/mol. The summed E-state index contributed by atoms with van der Waals surface area (Å²) < 4.78 is 60.5. The summed E-state index contributed by atoms with van der Waals surface area (Å²) in [6, 6.07) is 8.29. The van der Waals surface area contributed by atoms with E-state index in [2.05, 4.69) is 20.6 Å². The van der Waals surface area contributed by atoms with Crippen molar-refractivity contribution >= 4 is 28.5 Å². The average Bonchev–Trinajstić information content (AvgIpc) is 3.48. The van der Waals surface area contributed by atoms with Crippen LogP contribution in [-0.2, 0) is 24.1 Å². The number of aromatic nitrogens is 3. The van der Waals surface area contributed by atoms with E-state index < -0.39 is 29.3 Å². The predicted molar refractivity (Wildman–Crippen MR) is 128 cm³/mol. The first-order valence-electron chi connectivity index (χ1n) is 11.4. The zero-order valence-corrected chi connectivity index (χ0v) is 19.8. The van der Waals surface area contributed by atoms with Crippen molar-refractivity contribution in [1.82, 2.24) is 24.8 Å². The summed E-state index contributed by atoms with van der Waals surface area (Å²) in [7, 11) is 1.57. The Bertz CT molecular complexity index is 1550. The van der Waals surface area contributed by atoms with Gasteiger partial charge in [0, 0.05) is 31.7 Å². The number of amides is 2. The first kappa shape index (κ1) is 25.1. The molecule has 3 heterocycles. The van der Waals surface area contributed by atoms with Gasteiger partial charge < -0.3 is 15.4 Å². The third-order valence-corrected chi connectivity index (χ3v) is 6.04. The van der Waals surface area contributed by atoms with Crippen molar-refractivity contribution in [2.45, 2.75) is 19.3 Å². The lowest BCUT2D eigenvalue weighted by Gasteiger charge is -2.13. The smallest absolute Gasteiger partial charge is 0.419 e. The molecule has 0 atom stereocenters. The number of fused-ring (bicyclic) bond motifs is 2. The molecule has 2 aromatic carbocycles. The van der Waals surface area contributed by atoms with Crippen LogP contribution in [0.3, 0.4) is 0 Å². The zero-order chi connectivity index (χ0) is 27.0. The average molecular weight is 528 g/mol. The van der Waals surface area contributed by atoms with Crippen molar-refractivity contribution < 1.29 is 31.9 Å². The maximum Gasteiger partial charge on any atom is 0.419 e. The van der Waals surface area contributed by atoms with Crippen molar-refractivity contribution in [1.29, 1.82) is 0 Å². The second-order valence-corrected chi connectivity index (χ2v) is 8.53. The number of hydrogen-bond acceptors (Lipinski definition) is 6. The second-order valence-electron chi connectivity index (χ2n) is 8.53. The first-order valence-corrected chi connectivity index (χ1v) is 11.4. The molecule has 4 aromatic rings. The number of hydrogen-bond donors (Lipinski definition) is 2. The normalized spacial score (nSPS) is 13.4. The number of halogens is 4. The third kappa shape index (κ3) is 4.87. The minimum Gasteiger partial charge on any atom is -0.439 e. The molecule has 0 radical (unpaired) electrons. The van der Waals surface area contributed by atoms with Gasteiger partial charge in [0.1, 0.15) is 12.1 Å². The quantitative estimate of drug-likeness (QED) is 0.370. The molecule has 1 aliphatic heterocycles. The van der Waals surface area contributed by atoms with Gasteiger partial charge >= 0.3 is 12.2 Å². The molecule has 0 unspecified atom stereocenters. The number of carbonyl (C=O) groups is 2. The van der Waals surface area contributed by atoms with Crippen LogP contribution >= 0.6 is 0 Å². The fourth-order valence-corrected chi connectivity index (χ4v) is 4.19. The fourth-order valence-electron chi connectivity index (χ4n) is 4.19. The topological polar surface area (TPSA) is 101 Å². The van der Waals surface area contributed by atoms with Crippen LogP contribution in [-0.4, -0.2) is 45.0 Å². The molecular formula is C25H20F4N6O3. The van der Waals surface area contributed by atoms with Gasteiger partial charge in [-0.15, -0.1) is 0 Å². The number of nitrogens with zero attached hydrogens (tertiary/aromatic N) is 4. The Morgan fingerprint density at radius 3 is 2.68 bits per heavy atom. The van der Waals surface area contributed by atoms with Crippen LogP contribution in [0, 0.1) is 5.82 Å². The molecule has 0 fully saturated rings. The minimum atomic E-state index is -4.90. The van der Waals surface area contributed by atoms with Crippen molar-refractivity contribution in [3.05, 3.63) is 77.6 Å². The Morgan fingerprint density at radius 2 is 1.92 bits per heavy atom. The lowest BCUT2D eigenvalue weighted by atomic mass is 10.2. The largest absolute Gasteiger partial charge is 0.439 e. The summed E-state index contributed by atoms with van der Waals surface area (Å²) in [4.78, 5) is 34.9. The van der Waals surface area contributed by atoms with Gasteiger partial charge in [0.2, 0.25) is 11.8 Å². The van der Waals surface area contributed by atoms with E-state index >= 15 is 0 Å². The number of rotatable bonds is 5. The van der Waals surface area contributed by atoms with Gasteiger partial charge in [-0.3, -0.25) is 14.3 Å². The molecule has 0 aliphatic carbocycles. The van der Waals surface area contributed by atoms with E-state index in [-0.39, 0.29) is 12.5 Å². The first-order chi connectivity index (χ1) is 18.1. The molecule has 0 saturated carbocycles. The van der Waals surface area contributed by atoms with Crippen molar-refractivity contribution in [3.63, 3.8) is 0 Å². The molecule has 38 heavy (non-hydrogen) atoms. The molecule has 2 amide bonds. The monoisotopic (exact) mass is 528 g/mol. The predicted octanol–water partition coefficient (Wildman–Crippen LogP) is 4.52. The highest BCUT2D eigenvalue weighted by atomic mass is 19.4. The highest BCUT2D eigenvalue weighted by Crippen LogP contribution is 2.35. The standard InChI is InChI=1S/C25H20F4N6O3/c1-30-21(36)12-34-10-16-19(11-34)31-13-32-23(16)38-15-5-6-20-14(9-15)7-8-35(20)24(37)33-18-4-2-3-17(22(18)26)25(27,28)29/h2-9,13H,10-12H2,1H3,(H,30,36)(H,33,37). The molecule has 9 nitrogen and oxygen atoms in total. The van der Waals surface area contributed by atoms with E-state index in [4.69, 9.17) is 4.74 Å². The maximum absolute atomic E-state index is 14.3. The molecule has 2 N–H and O–H groups in total. The molecule has 0 spiro atoms. The number of nitrogens with one attached hydrogen (secondary N) is 2. The Hall–Kier alpha value is -4.52. The summed E-state index contributed by atoms with van der Waals surface area (Å²) >= 11 is 0. The van der Waals surface area contributed by atoms with Crippen LogP contribution in [0.5, 0.6) is 11.6 Å². The van der Waals surface area contributed by atoms with Crippen LogP contribution in [0.25, 0.3) is 10.9 Å². The molecule has 0 bridgehead atoms. The highest BCUT2D eigenvalue weighted by molar-refractivity contribution is 5.99. The number of ether oxygens (including phenoxy) is 1. The molecule has 0 saturated heterocycles. The summed E-state index contributed by atoms with van der Waals surface area (Å²) in [5.41, 5.74) is -0.120. The van der Waals surface area contributed by atoms with Crippen molar-refractivity contribution in [3.8, 4) is 11.6 Å². The van der Waals surface area contributed by atoms with Crippen LogP contribution in [0.15, 0.2) is 55.0 Å². The van der Waals surface area contributed by atoms with Gasteiger partial charge in [0.15, 0.2) is 5.82 Å². The number of likely N-dealkylation sites (N-methyl/N-ethyl adjacent to an activating group) is 1. The van der Waals surface area contributed by atoms with E-state index in [1.54, 1.807) is 31.3 Å². The Morgan fingerprint density at radius 1 is 1.11 bits per heavy atom. The maximum atomic E-state index is 14.3. The lowest BCUT2D eigenvalue weighted by molar-refractivity contribution is -0.139. The van der Waals surface area contributed by atoms with Crippen molar-refractivity contribution in [2.75, 3.05) is 18.9 Å². The summed E-state index contributed by atoms with van der Waals surface area (Å²) in [5.74, 6) is -0.925. The van der Waals surface area contributed by atoms with Gasteiger partial charge in [-0.1, -0.05) is 6.07 Å². The van der Waals surface area contributed by atoms with E-state index in [0.29, 0.717) is 41.7 Å². The summed E-state index contributed by atoms with van der Waals surface area (Å²) in [6.45, 7) is 1.12. The van der Waals surface area contributed by atoms with Gasteiger partial charge in [-0.25, -0.2) is 19.2 Å². The number of benzene rings is 2. The van der Waals surface area contributed by atoms with Gasteiger partial charge in [-0.05, 0) is 36.4 Å². The van der Waals surface area contributed by atoms with Gasteiger partial charge in [-0.2, -0.15) is 13.2 Å². The van der Waals surface area contributed by atoms with Crippen LogP contribution in [0.1, 0.15) is 16.8 Å². The summed E-state index contributed by atoms with van der Waals surface area (Å²) in [5, 5.41) is 5.36. The Kier molecular flexibility index (Phi) is 6.45. The fraction of sp³-hybridized carbons (Fsp3) is 0.200. The zero-order valence-electron chi connectivity index (χ0n) is 19.8. The van der Waals surface area contributed by atoms with Crippen molar-refractivity contribution in [2.24, 2.45) is 0 Å². The molecule has 5 rings (SSSR count). The van der Waals surface area contributed by atoms with E-state index in [9.17, 15) is 27.2 Å². The number of anilines is 1. The number of alkyl halides is 3. The SMILES string of the molecule is CNC(=O)CN1Cc2ncnc(Oc3ccc4c(ccn4C(=O)Nc4cccc(C(F)(F)F)c4F)c3)c2C1. The molecule has 13 heteroatoms. The lowest BCUT2D eigenvalue weighted by Crippen LogP contribution is -2.32. The Balaban J connectivity index is 1.34. The third-order valence-electron chi connectivity index (χ3n) is 6.04. The van der Waals surface area contributed by atoms with Crippen LogP contribution in [0.4, 0.5) is 28.0 Å². The summed E-state index contributed by atoms with van der Waals surface area (Å²) in [6.07, 6.45) is -2.11. The molecule has 196 valence electrons. The Labute approximate surface area is 213 Å². The molecule has 2 aromatic heterocycles. The minimum absolute atomic E-state index is 0.122. The van der Waals surface area contributed by atoms with E-state index in [1.807, 2.05) is 4.90 Å². The highest BCUT2D eigenvalue weighted by Gasteiger charge is 2.35. The van der Waals surface area contributed by atoms with Crippen LogP contribution < -0.4 is 15.4 Å². The van der Waals surface area contributed by atoms with Crippen LogP contribution in [0.2, 0.25) is 0 Å². The number of carbonyl (C=O) groups excluding carboxylic acids is 2. The van der Waals surface area contributed by atoms with Gasteiger partial charge in [0.25, 0.3) is 0 Å². The second kappa shape index (κ2) is 9.74. The van der Waals surface area contributed by atoms with E-state index in [1.165, 1.54) is 12.5 Å². The van der Waals surface area contributed by atoms with Gasteiger partial charge in [0.05, 0.1) is 34.6 Å².